The molecule has 2 aliphatic rings. The third-order valence-corrected chi connectivity index (χ3v) is 5.92. The van der Waals surface area contributed by atoms with E-state index in [1.807, 2.05) is 24.3 Å². The van der Waals surface area contributed by atoms with Crippen LogP contribution in [0.1, 0.15) is 19.3 Å². The zero-order chi connectivity index (χ0) is 16.5. The first-order chi connectivity index (χ1) is 11.8. The van der Waals surface area contributed by atoms with Gasteiger partial charge in [0.1, 0.15) is 0 Å². The van der Waals surface area contributed by atoms with Crippen molar-refractivity contribution in [2.45, 2.75) is 47.2 Å². The van der Waals surface area contributed by atoms with E-state index in [4.69, 9.17) is 5.53 Å². The Bertz CT molecular complexity index is 760. The molecular weight excluding hydrogens is 320 g/mol. The highest BCUT2D eigenvalue weighted by atomic mass is 32.2. The molecule has 6 heteroatoms. The van der Waals surface area contributed by atoms with Crippen LogP contribution >= 0.6 is 11.8 Å². The summed E-state index contributed by atoms with van der Waals surface area (Å²) in [5, 5.41) is 14.7. The highest BCUT2D eigenvalue weighted by molar-refractivity contribution is 7.99. The minimum absolute atomic E-state index is 0.0857. The molecule has 1 aliphatic carbocycles. The van der Waals surface area contributed by atoms with Crippen LogP contribution in [0.2, 0.25) is 0 Å². The molecule has 2 aromatic rings. The van der Waals surface area contributed by atoms with Crippen LogP contribution in [0.5, 0.6) is 0 Å². The monoisotopic (exact) mass is 338 g/mol. The summed E-state index contributed by atoms with van der Waals surface area (Å²) in [7, 11) is 0. The van der Waals surface area contributed by atoms with Gasteiger partial charge in [-0.1, -0.05) is 47.6 Å². The number of nitrogens with zero attached hydrogens (tertiary/aromatic N) is 4. The SMILES string of the molecule is [N-]=[N+]=NC1CCCC(N2c3ccccc3Sc3ccccc32)[C@H]1O. The summed E-state index contributed by atoms with van der Waals surface area (Å²) in [6.45, 7) is 0. The second-order valence-corrected chi connectivity index (χ2v) is 7.25. The molecule has 2 unspecified atom stereocenters. The Labute approximate surface area is 144 Å². The predicted octanol–water partition coefficient (Wildman–Crippen LogP) is 4.88. The fourth-order valence-electron chi connectivity index (χ4n) is 3.70. The fraction of sp³-hybridized carbons (Fsp3) is 0.333. The predicted molar refractivity (Wildman–Crippen MR) is 95.7 cm³/mol. The van der Waals surface area contributed by atoms with Crippen molar-refractivity contribution in [2.24, 2.45) is 5.11 Å². The molecule has 0 radical (unpaired) electrons. The van der Waals surface area contributed by atoms with Gasteiger partial charge < -0.3 is 10.0 Å². The van der Waals surface area contributed by atoms with Gasteiger partial charge in [0.2, 0.25) is 0 Å². The van der Waals surface area contributed by atoms with Crippen molar-refractivity contribution in [2.75, 3.05) is 4.90 Å². The molecular formula is C18H18N4OS. The molecule has 1 aliphatic heterocycles. The Morgan fingerprint density at radius 1 is 1.04 bits per heavy atom. The van der Waals surface area contributed by atoms with Crippen LogP contribution in [0.4, 0.5) is 11.4 Å². The van der Waals surface area contributed by atoms with Crippen molar-refractivity contribution in [1.29, 1.82) is 0 Å². The zero-order valence-electron chi connectivity index (χ0n) is 13.1. The molecule has 3 atom stereocenters. The summed E-state index contributed by atoms with van der Waals surface area (Å²) in [6, 6.07) is 16.1. The lowest BCUT2D eigenvalue weighted by Gasteiger charge is -2.44. The highest BCUT2D eigenvalue weighted by Crippen LogP contribution is 2.50. The molecule has 122 valence electrons. The largest absolute Gasteiger partial charge is 0.391 e. The Hall–Kier alpha value is -2.14. The summed E-state index contributed by atoms with van der Waals surface area (Å²) in [5.41, 5.74) is 11.0. The van der Waals surface area contributed by atoms with E-state index in [2.05, 4.69) is 39.2 Å². The van der Waals surface area contributed by atoms with Gasteiger partial charge in [-0.15, -0.1) is 0 Å². The first-order valence-corrected chi connectivity index (χ1v) is 8.98. The van der Waals surface area contributed by atoms with Crippen LogP contribution in [-0.4, -0.2) is 23.3 Å². The smallest absolute Gasteiger partial charge is 0.0832 e. The fourth-order valence-corrected chi connectivity index (χ4v) is 4.77. The number of anilines is 2. The number of aliphatic hydroxyl groups excluding tert-OH is 1. The van der Waals surface area contributed by atoms with E-state index in [0.29, 0.717) is 0 Å². The minimum Gasteiger partial charge on any atom is -0.391 e. The maximum Gasteiger partial charge on any atom is 0.0832 e. The summed E-state index contributed by atoms with van der Waals surface area (Å²) in [4.78, 5) is 7.54. The molecule has 0 amide bonds. The van der Waals surface area contributed by atoms with Gasteiger partial charge in [0.15, 0.2) is 0 Å². The molecule has 0 saturated heterocycles. The molecule has 0 aromatic heterocycles. The summed E-state index contributed by atoms with van der Waals surface area (Å²) < 4.78 is 0. The van der Waals surface area contributed by atoms with Crippen molar-refractivity contribution in [3.8, 4) is 0 Å². The number of hydrogen-bond acceptors (Lipinski definition) is 4. The van der Waals surface area contributed by atoms with Gasteiger partial charge in [0.05, 0.1) is 29.6 Å². The number of hydrogen-bond donors (Lipinski definition) is 1. The second-order valence-electron chi connectivity index (χ2n) is 6.17. The molecule has 1 N–H and O–H groups in total. The van der Waals surface area contributed by atoms with Crippen LogP contribution < -0.4 is 4.90 Å². The third kappa shape index (κ3) is 2.53. The van der Waals surface area contributed by atoms with Crippen LogP contribution in [-0.2, 0) is 0 Å². The second kappa shape index (κ2) is 6.40. The van der Waals surface area contributed by atoms with Gasteiger partial charge in [-0.2, -0.15) is 0 Å². The van der Waals surface area contributed by atoms with E-state index >= 15 is 0 Å². The lowest BCUT2D eigenvalue weighted by Crippen LogP contribution is -2.49. The molecule has 1 fully saturated rings. The average molecular weight is 338 g/mol. The standard InChI is InChI=1S/C18H18N4OS/c19-21-20-12-6-5-9-15(18(12)23)22-13-7-1-3-10-16(13)24-17-11-4-2-8-14(17)22/h1-4,7-8,10-12,15,18,23H,5-6,9H2/t12?,15?,18-/m0/s1. The van der Waals surface area contributed by atoms with Gasteiger partial charge in [-0.25, -0.2) is 0 Å². The van der Waals surface area contributed by atoms with Crippen molar-refractivity contribution >= 4 is 23.1 Å². The van der Waals surface area contributed by atoms with E-state index in [-0.39, 0.29) is 12.1 Å². The number of aliphatic hydroxyl groups is 1. The molecule has 24 heavy (non-hydrogen) atoms. The van der Waals surface area contributed by atoms with Crippen LogP contribution in [0.3, 0.4) is 0 Å². The first kappa shape index (κ1) is 15.4. The lowest BCUT2D eigenvalue weighted by molar-refractivity contribution is 0.0876. The molecule has 0 bridgehead atoms. The molecule has 2 aromatic carbocycles. The van der Waals surface area contributed by atoms with Gasteiger partial charge in [-0.05, 0) is 42.6 Å². The summed E-state index contributed by atoms with van der Waals surface area (Å²) in [6.07, 6.45) is 1.90. The Kier molecular flexibility index (Phi) is 4.10. The molecule has 1 heterocycles. The third-order valence-electron chi connectivity index (χ3n) is 4.79. The van der Waals surface area contributed by atoms with Gasteiger partial charge in [0, 0.05) is 14.7 Å². The molecule has 0 spiro atoms. The number of rotatable bonds is 2. The number of para-hydroxylation sites is 2. The van der Waals surface area contributed by atoms with Crippen LogP contribution in [0.15, 0.2) is 63.4 Å². The number of azide groups is 1. The minimum atomic E-state index is -0.668. The zero-order valence-corrected chi connectivity index (χ0v) is 13.9. The Morgan fingerprint density at radius 3 is 2.29 bits per heavy atom. The van der Waals surface area contributed by atoms with Crippen molar-refractivity contribution in [1.82, 2.24) is 0 Å². The maximum absolute atomic E-state index is 10.8. The van der Waals surface area contributed by atoms with E-state index < -0.39 is 6.10 Å². The van der Waals surface area contributed by atoms with Gasteiger partial charge >= 0.3 is 0 Å². The first-order valence-electron chi connectivity index (χ1n) is 8.17. The van der Waals surface area contributed by atoms with Gasteiger partial charge in [-0.3, -0.25) is 0 Å². The van der Waals surface area contributed by atoms with Crippen LogP contribution in [0.25, 0.3) is 10.4 Å². The van der Waals surface area contributed by atoms with Crippen molar-refractivity contribution in [3.05, 3.63) is 59.0 Å². The normalized spacial score (nSPS) is 25.4. The number of benzene rings is 2. The van der Waals surface area contributed by atoms with Crippen molar-refractivity contribution < 1.29 is 5.11 Å². The molecule has 5 nitrogen and oxygen atoms in total. The Balaban J connectivity index is 1.81. The number of fused-ring (bicyclic) bond motifs is 2. The Morgan fingerprint density at radius 2 is 1.67 bits per heavy atom. The van der Waals surface area contributed by atoms with Gasteiger partial charge in [0.25, 0.3) is 0 Å². The molecule has 4 rings (SSSR count). The van der Waals surface area contributed by atoms with E-state index in [0.717, 1.165) is 30.6 Å². The average Bonchev–Trinajstić information content (AvgIpc) is 2.62. The van der Waals surface area contributed by atoms with E-state index in [9.17, 15) is 5.11 Å². The van der Waals surface area contributed by atoms with E-state index in [1.54, 1.807) is 11.8 Å². The topological polar surface area (TPSA) is 72.2 Å². The summed E-state index contributed by atoms with van der Waals surface area (Å²) in [5.74, 6) is 0. The van der Waals surface area contributed by atoms with Crippen molar-refractivity contribution in [3.63, 3.8) is 0 Å². The lowest BCUT2D eigenvalue weighted by atomic mass is 9.87. The maximum atomic E-state index is 10.8. The highest BCUT2D eigenvalue weighted by Gasteiger charge is 2.38. The summed E-state index contributed by atoms with van der Waals surface area (Å²) >= 11 is 1.76. The molecule has 1 saturated carbocycles. The van der Waals surface area contributed by atoms with Crippen LogP contribution in [0, 0.1) is 0 Å². The van der Waals surface area contributed by atoms with E-state index in [1.165, 1.54) is 9.79 Å². The quantitative estimate of drug-likeness (QED) is 0.482.